The Morgan fingerprint density at radius 1 is 1.26 bits per heavy atom. The van der Waals surface area contributed by atoms with Crippen molar-refractivity contribution in [3.05, 3.63) is 28.8 Å². The second-order valence-corrected chi connectivity index (χ2v) is 4.41. The molecule has 0 fully saturated rings. The zero-order valence-corrected chi connectivity index (χ0v) is 11.4. The number of benzene rings is 1. The van der Waals surface area contributed by atoms with Gasteiger partial charge in [-0.1, -0.05) is 0 Å². The third-order valence-corrected chi connectivity index (χ3v) is 2.90. The summed E-state index contributed by atoms with van der Waals surface area (Å²) in [5.74, 6) is -0.320. The molecule has 0 unspecified atom stereocenters. The van der Waals surface area contributed by atoms with Crippen molar-refractivity contribution in [1.29, 1.82) is 0 Å². The van der Waals surface area contributed by atoms with Crippen LogP contribution >= 0.6 is 0 Å². The monoisotopic (exact) mass is 265 g/mol. The Bertz CT molecular complexity index is 459. The Hall–Kier alpha value is -2.04. The average Bonchev–Trinajstić information content (AvgIpc) is 2.33. The summed E-state index contributed by atoms with van der Waals surface area (Å²) in [4.78, 5) is 22.1. The highest BCUT2D eigenvalue weighted by Crippen LogP contribution is 2.21. The number of methoxy groups -OCH3 is 1. The number of carboxylic acid groups (broad SMARTS) is 1. The number of carbonyl (C=O) groups is 2. The summed E-state index contributed by atoms with van der Waals surface area (Å²) in [6.45, 7) is 4.01. The first kappa shape index (κ1) is 15.0. The molecule has 1 rings (SSSR count). The summed E-state index contributed by atoms with van der Waals surface area (Å²) in [5, 5.41) is 11.1. The van der Waals surface area contributed by atoms with Gasteiger partial charge in [-0.15, -0.1) is 0 Å². The van der Waals surface area contributed by atoms with E-state index in [2.05, 4.69) is 5.32 Å². The minimum Gasteiger partial charge on any atom is -0.497 e. The Morgan fingerprint density at radius 2 is 1.84 bits per heavy atom. The summed E-state index contributed by atoms with van der Waals surface area (Å²) in [6, 6.07) is 3.76. The lowest BCUT2D eigenvalue weighted by atomic mass is 9.99. The van der Waals surface area contributed by atoms with Gasteiger partial charge in [0.25, 0.3) is 0 Å². The molecular formula is C14H19NO4. The molecule has 5 nitrogen and oxygen atoms in total. The topological polar surface area (TPSA) is 75.6 Å². The lowest BCUT2D eigenvalue weighted by Gasteiger charge is -2.12. The highest BCUT2D eigenvalue weighted by molar-refractivity contribution is 5.80. The molecule has 0 aliphatic rings. The van der Waals surface area contributed by atoms with Crippen LogP contribution in [-0.4, -0.2) is 30.6 Å². The van der Waals surface area contributed by atoms with E-state index in [-0.39, 0.29) is 25.3 Å². The SMILES string of the molecule is COc1cc(C)c(CC(=O)NCCC(=O)O)c(C)c1. The van der Waals surface area contributed by atoms with Crippen molar-refractivity contribution in [3.8, 4) is 5.75 Å². The standard InChI is InChI=1S/C14H19NO4/c1-9-6-11(19-3)7-10(2)12(9)8-13(16)15-5-4-14(17)18/h6-7H,4-5,8H2,1-3H3,(H,15,16)(H,17,18). The van der Waals surface area contributed by atoms with Gasteiger partial charge in [0, 0.05) is 6.54 Å². The number of ether oxygens (including phenoxy) is 1. The number of hydrogen-bond donors (Lipinski definition) is 2. The molecule has 0 heterocycles. The Kier molecular flexibility index (Phi) is 5.36. The molecule has 1 aromatic carbocycles. The molecule has 0 aliphatic carbocycles. The maximum Gasteiger partial charge on any atom is 0.305 e. The van der Waals surface area contributed by atoms with Crippen LogP contribution in [0.4, 0.5) is 0 Å². The van der Waals surface area contributed by atoms with Crippen LogP contribution in [0.3, 0.4) is 0 Å². The van der Waals surface area contributed by atoms with Crippen LogP contribution in [0.25, 0.3) is 0 Å². The van der Waals surface area contributed by atoms with E-state index >= 15 is 0 Å². The van der Waals surface area contributed by atoms with Gasteiger partial charge in [-0.25, -0.2) is 0 Å². The summed E-state index contributed by atoms with van der Waals surface area (Å²) in [7, 11) is 1.60. The Morgan fingerprint density at radius 3 is 2.32 bits per heavy atom. The fourth-order valence-corrected chi connectivity index (χ4v) is 1.88. The number of carbonyl (C=O) groups excluding carboxylic acids is 1. The normalized spacial score (nSPS) is 10.1. The van der Waals surface area contributed by atoms with Gasteiger partial charge in [0.1, 0.15) is 5.75 Å². The molecule has 5 heteroatoms. The molecule has 0 aliphatic heterocycles. The van der Waals surface area contributed by atoms with Crippen LogP contribution in [0, 0.1) is 13.8 Å². The van der Waals surface area contributed by atoms with Crippen molar-refractivity contribution in [3.63, 3.8) is 0 Å². The summed E-state index contributed by atoms with van der Waals surface area (Å²) in [6.07, 6.45) is 0.188. The van der Waals surface area contributed by atoms with Crippen molar-refractivity contribution in [2.24, 2.45) is 0 Å². The predicted octanol–water partition coefficient (Wildman–Crippen LogP) is 1.45. The van der Waals surface area contributed by atoms with E-state index in [4.69, 9.17) is 9.84 Å². The minimum atomic E-state index is -0.919. The van der Waals surface area contributed by atoms with Crippen molar-refractivity contribution in [1.82, 2.24) is 5.32 Å². The van der Waals surface area contributed by atoms with Crippen LogP contribution in [-0.2, 0) is 16.0 Å². The first-order valence-corrected chi connectivity index (χ1v) is 6.06. The summed E-state index contributed by atoms with van der Waals surface area (Å²) >= 11 is 0. The molecule has 1 aromatic rings. The maximum absolute atomic E-state index is 11.7. The van der Waals surface area contributed by atoms with E-state index in [1.54, 1.807) is 7.11 Å². The highest BCUT2D eigenvalue weighted by Gasteiger charge is 2.10. The average molecular weight is 265 g/mol. The highest BCUT2D eigenvalue weighted by atomic mass is 16.5. The third-order valence-electron chi connectivity index (χ3n) is 2.90. The smallest absolute Gasteiger partial charge is 0.305 e. The van der Waals surface area contributed by atoms with Crippen molar-refractivity contribution in [2.45, 2.75) is 26.7 Å². The van der Waals surface area contributed by atoms with Crippen LogP contribution in [0.5, 0.6) is 5.75 Å². The van der Waals surface area contributed by atoms with Gasteiger partial charge in [0.15, 0.2) is 0 Å². The molecule has 19 heavy (non-hydrogen) atoms. The molecule has 0 saturated carbocycles. The van der Waals surface area contributed by atoms with Crippen LogP contribution in [0.2, 0.25) is 0 Å². The van der Waals surface area contributed by atoms with E-state index in [0.717, 1.165) is 22.4 Å². The molecule has 0 saturated heterocycles. The van der Waals surface area contributed by atoms with Gasteiger partial charge in [-0.3, -0.25) is 9.59 Å². The molecule has 0 aromatic heterocycles. The second kappa shape index (κ2) is 6.78. The van der Waals surface area contributed by atoms with Gasteiger partial charge in [0.2, 0.25) is 5.91 Å². The largest absolute Gasteiger partial charge is 0.497 e. The number of aryl methyl sites for hydroxylation is 2. The maximum atomic E-state index is 11.7. The van der Waals surface area contributed by atoms with Gasteiger partial charge in [-0.2, -0.15) is 0 Å². The lowest BCUT2D eigenvalue weighted by Crippen LogP contribution is -2.28. The number of amides is 1. The Balaban J connectivity index is 2.66. The van der Waals surface area contributed by atoms with Gasteiger partial charge in [0.05, 0.1) is 20.0 Å². The van der Waals surface area contributed by atoms with Crippen LogP contribution in [0.15, 0.2) is 12.1 Å². The number of aliphatic carboxylic acids is 1. The predicted molar refractivity (Wildman–Crippen MR) is 71.4 cm³/mol. The Labute approximate surface area is 112 Å². The molecule has 0 atom stereocenters. The van der Waals surface area contributed by atoms with Gasteiger partial charge in [-0.05, 0) is 42.7 Å². The molecule has 0 bridgehead atoms. The van der Waals surface area contributed by atoms with E-state index in [0.29, 0.717) is 0 Å². The minimum absolute atomic E-state index is 0.0632. The number of rotatable bonds is 6. The van der Waals surface area contributed by atoms with E-state index in [9.17, 15) is 9.59 Å². The number of carboxylic acids is 1. The zero-order chi connectivity index (χ0) is 14.4. The lowest BCUT2D eigenvalue weighted by molar-refractivity contribution is -0.136. The van der Waals surface area contributed by atoms with Crippen LogP contribution < -0.4 is 10.1 Å². The second-order valence-electron chi connectivity index (χ2n) is 4.41. The van der Waals surface area contributed by atoms with Gasteiger partial charge >= 0.3 is 5.97 Å². The van der Waals surface area contributed by atoms with Crippen molar-refractivity contribution in [2.75, 3.05) is 13.7 Å². The number of hydrogen-bond acceptors (Lipinski definition) is 3. The molecular weight excluding hydrogens is 246 g/mol. The molecule has 2 N–H and O–H groups in total. The molecule has 104 valence electrons. The first-order chi connectivity index (χ1) is 8.93. The van der Waals surface area contributed by atoms with E-state index < -0.39 is 5.97 Å². The quantitative estimate of drug-likeness (QED) is 0.816. The zero-order valence-electron chi connectivity index (χ0n) is 11.4. The summed E-state index contributed by atoms with van der Waals surface area (Å²) in [5.41, 5.74) is 2.93. The van der Waals surface area contributed by atoms with E-state index in [1.165, 1.54) is 0 Å². The van der Waals surface area contributed by atoms with E-state index in [1.807, 2.05) is 26.0 Å². The molecule has 1 amide bonds. The first-order valence-electron chi connectivity index (χ1n) is 6.06. The van der Waals surface area contributed by atoms with Gasteiger partial charge < -0.3 is 15.2 Å². The van der Waals surface area contributed by atoms with Crippen LogP contribution in [0.1, 0.15) is 23.1 Å². The summed E-state index contributed by atoms with van der Waals surface area (Å²) < 4.78 is 5.16. The van der Waals surface area contributed by atoms with Crippen molar-refractivity contribution >= 4 is 11.9 Å². The number of nitrogens with one attached hydrogen (secondary N) is 1. The fraction of sp³-hybridized carbons (Fsp3) is 0.429. The third kappa shape index (κ3) is 4.62. The van der Waals surface area contributed by atoms with Crippen molar-refractivity contribution < 1.29 is 19.4 Å². The molecule has 0 spiro atoms. The fourth-order valence-electron chi connectivity index (χ4n) is 1.88. The molecule has 0 radical (unpaired) electrons.